The highest BCUT2D eigenvalue weighted by Gasteiger charge is 2.42. The smallest absolute Gasteiger partial charge is 0.254 e. The second-order valence-corrected chi connectivity index (χ2v) is 8.72. The Hall–Kier alpha value is -3.88. The number of carbonyl (C=O) groups is 2. The molecule has 0 bridgehead atoms. The number of hydrogen-bond acceptors (Lipinski definition) is 6. The van der Waals surface area contributed by atoms with Crippen molar-refractivity contribution in [1.29, 1.82) is 0 Å². The first-order valence-electron chi connectivity index (χ1n) is 10.6. The molecule has 3 heterocycles. The highest BCUT2D eigenvalue weighted by molar-refractivity contribution is 6.36. The fraction of sp³-hybridized carbons (Fsp3) is 0.160. The van der Waals surface area contributed by atoms with Crippen LogP contribution in [-0.2, 0) is 4.79 Å². The van der Waals surface area contributed by atoms with Gasteiger partial charge in [-0.1, -0.05) is 29.8 Å². The summed E-state index contributed by atoms with van der Waals surface area (Å²) < 4.78 is 5.80. The quantitative estimate of drug-likeness (QED) is 0.369. The first-order valence-corrected chi connectivity index (χ1v) is 10.9. The van der Waals surface area contributed by atoms with E-state index < -0.39 is 12.1 Å². The number of anilines is 2. The molecule has 1 amide bonds. The number of nitrogens with one attached hydrogen (secondary N) is 2. The maximum absolute atomic E-state index is 13.5. The molecule has 9 heteroatoms. The summed E-state index contributed by atoms with van der Waals surface area (Å²) >= 11 is 6.48. The number of hydrogen-bond donors (Lipinski definition) is 3. The van der Waals surface area contributed by atoms with Crippen LogP contribution < -0.4 is 15.0 Å². The van der Waals surface area contributed by atoms with E-state index in [4.69, 9.17) is 16.3 Å². The first-order chi connectivity index (χ1) is 16.3. The Bertz CT molecular complexity index is 1440. The molecule has 1 unspecified atom stereocenters. The standard InChI is InChI=1S/C25H21ClN4O4/c1-25(13-31)24(33)30(2)19-12-28-23-20(21(19)29-25)17(11-27-23)22(32)16-9-8-15(10-18(16)26)34-14-6-4-3-5-7-14/h3-12,29,31H,13H2,1-2H3,(H,27,28). The molecule has 0 fully saturated rings. The molecule has 0 aliphatic carbocycles. The van der Waals surface area contributed by atoms with Crippen molar-refractivity contribution in [2.24, 2.45) is 0 Å². The highest BCUT2D eigenvalue weighted by Crippen LogP contribution is 2.41. The number of fused-ring (bicyclic) bond motifs is 3. The van der Waals surface area contributed by atoms with E-state index in [1.165, 1.54) is 4.90 Å². The van der Waals surface area contributed by atoms with Crippen LogP contribution in [0.3, 0.4) is 0 Å². The minimum Gasteiger partial charge on any atom is -0.457 e. The molecule has 1 aliphatic rings. The number of benzene rings is 2. The molecule has 8 nitrogen and oxygen atoms in total. The Balaban J connectivity index is 1.56. The van der Waals surface area contributed by atoms with Crippen LogP contribution in [0.15, 0.2) is 60.9 Å². The lowest BCUT2D eigenvalue weighted by Gasteiger charge is -2.39. The zero-order valence-electron chi connectivity index (χ0n) is 18.4. The number of amides is 1. The minimum absolute atomic E-state index is 0.242. The van der Waals surface area contributed by atoms with Crippen LogP contribution >= 0.6 is 11.6 Å². The van der Waals surface area contributed by atoms with Crippen molar-refractivity contribution in [1.82, 2.24) is 9.97 Å². The van der Waals surface area contributed by atoms with E-state index in [9.17, 15) is 14.7 Å². The summed E-state index contributed by atoms with van der Waals surface area (Å²) in [7, 11) is 1.61. The number of ether oxygens (including phenoxy) is 1. The predicted molar refractivity (Wildman–Crippen MR) is 130 cm³/mol. The van der Waals surface area contributed by atoms with Gasteiger partial charge in [-0.05, 0) is 31.2 Å². The van der Waals surface area contributed by atoms with E-state index in [0.717, 1.165) is 0 Å². The van der Waals surface area contributed by atoms with Crippen LogP contribution in [0.5, 0.6) is 11.5 Å². The molecule has 4 aromatic rings. The number of pyridine rings is 1. The van der Waals surface area contributed by atoms with Gasteiger partial charge >= 0.3 is 0 Å². The summed E-state index contributed by atoms with van der Waals surface area (Å²) in [5.41, 5.74) is 0.919. The Morgan fingerprint density at radius 2 is 1.94 bits per heavy atom. The van der Waals surface area contributed by atoms with E-state index in [2.05, 4.69) is 15.3 Å². The average Bonchev–Trinajstić information content (AvgIpc) is 3.28. The number of likely N-dealkylation sites (N-methyl/N-ethyl adjacent to an activating group) is 1. The highest BCUT2D eigenvalue weighted by atomic mass is 35.5. The van der Waals surface area contributed by atoms with Gasteiger partial charge in [0.1, 0.15) is 22.7 Å². The molecule has 34 heavy (non-hydrogen) atoms. The number of halogens is 1. The monoisotopic (exact) mass is 476 g/mol. The van der Waals surface area contributed by atoms with E-state index in [1.54, 1.807) is 44.6 Å². The number of rotatable bonds is 5. The third kappa shape index (κ3) is 3.48. The van der Waals surface area contributed by atoms with Gasteiger partial charge in [-0.3, -0.25) is 9.59 Å². The summed E-state index contributed by atoms with van der Waals surface area (Å²) in [6.07, 6.45) is 3.12. The SMILES string of the molecule is CN1C(=O)C(C)(CO)Nc2c1cnc1[nH]cc(C(=O)c3ccc(Oc4ccccc4)cc3Cl)c21. The van der Waals surface area contributed by atoms with Crippen molar-refractivity contribution >= 4 is 45.7 Å². The van der Waals surface area contributed by atoms with Gasteiger partial charge in [0.25, 0.3) is 5.91 Å². The van der Waals surface area contributed by atoms with Crippen LogP contribution in [0.2, 0.25) is 5.02 Å². The maximum Gasteiger partial charge on any atom is 0.254 e. The molecule has 0 saturated carbocycles. The molecule has 2 aromatic heterocycles. The van der Waals surface area contributed by atoms with E-state index in [-0.39, 0.29) is 16.7 Å². The molecule has 0 spiro atoms. The molecule has 5 rings (SSSR count). The second-order valence-electron chi connectivity index (χ2n) is 8.31. The third-order valence-corrected chi connectivity index (χ3v) is 6.26. The second kappa shape index (κ2) is 8.16. The topological polar surface area (TPSA) is 108 Å². The number of aromatic amines is 1. The summed E-state index contributed by atoms with van der Waals surface area (Å²) in [4.78, 5) is 35.1. The minimum atomic E-state index is -1.23. The molecule has 0 radical (unpaired) electrons. The summed E-state index contributed by atoms with van der Waals surface area (Å²) in [6, 6.07) is 14.2. The van der Waals surface area contributed by atoms with Gasteiger partial charge in [-0.15, -0.1) is 0 Å². The summed E-state index contributed by atoms with van der Waals surface area (Å²) in [5, 5.41) is 13.8. The Morgan fingerprint density at radius 3 is 2.65 bits per heavy atom. The zero-order chi connectivity index (χ0) is 24.0. The average molecular weight is 477 g/mol. The molecule has 1 atom stereocenters. The lowest BCUT2D eigenvalue weighted by atomic mass is 9.95. The van der Waals surface area contributed by atoms with Gasteiger partial charge in [0.05, 0.1) is 40.2 Å². The van der Waals surface area contributed by atoms with Crippen LogP contribution in [0.25, 0.3) is 11.0 Å². The van der Waals surface area contributed by atoms with Crippen LogP contribution in [0, 0.1) is 0 Å². The molecule has 0 saturated heterocycles. The van der Waals surface area contributed by atoms with E-state index >= 15 is 0 Å². The number of carbonyl (C=O) groups excluding carboxylic acids is 2. The van der Waals surface area contributed by atoms with Crippen molar-refractivity contribution in [2.45, 2.75) is 12.5 Å². The van der Waals surface area contributed by atoms with E-state index in [0.29, 0.717) is 45.0 Å². The number of ketones is 1. The van der Waals surface area contributed by atoms with Crippen molar-refractivity contribution in [2.75, 3.05) is 23.9 Å². The number of nitrogens with zero attached hydrogens (tertiary/aromatic N) is 2. The Kier molecular flexibility index (Phi) is 5.27. The Labute approximate surface area is 200 Å². The number of aliphatic hydroxyl groups excluding tert-OH is 1. The van der Waals surface area contributed by atoms with Crippen LogP contribution in [0.1, 0.15) is 22.8 Å². The number of para-hydroxylation sites is 1. The van der Waals surface area contributed by atoms with Crippen molar-refractivity contribution in [3.05, 3.63) is 77.1 Å². The van der Waals surface area contributed by atoms with Crippen molar-refractivity contribution in [3.63, 3.8) is 0 Å². The molecule has 3 N–H and O–H groups in total. The van der Waals surface area contributed by atoms with E-state index in [1.807, 2.05) is 30.3 Å². The lowest BCUT2D eigenvalue weighted by molar-refractivity contribution is -0.123. The third-order valence-electron chi connectivity index (χ3n) is 5.95. The summed E-state index contributed by atoms with van der Waals surface area (Å²) in [6.45, 7) is 1.19. The first kappa shape index (κ1) is 21.9. The van der Waals surface area contributed by atoms with Gasteiger partial charge in [0, 0.05) is 24.9 Å². The summed E-state index contributed by atoms with van der Waals surface area (Å²) in [5.74, 6) is 0.545. The van der Waals surface area contributed by atoms with Crippen molar-refractivity contribution in [3.8, 4) is 11.5 Å². The predicted octanol–water partition coefficient (Wildman–Crippen LogP) is 4.38. The molecule has 2 aromatic carbocycles. The fourth-order valence-electron chi connectivity index (χ4n) is 4.07. The molecular weight excluding hydrogens is 456 g/mol. The Morgan fingerprint density at radius 1 is 1.18 bits per heavy atom. The number of aliphatic hydroxyl groups is 1. The van der Waals surface area contributed by atoms with Crippen molar-refractivity contribution < 1.29 is 19.4 Å². The van der Waals surface area contributed by atoms with Gasteiger partial charge in [0.2, 0.25) is 0 Å². The molecular formula is C25H21ClN4O4. The molecule has 1 aliphatic heterocycles. The number of H-pyrrole nitrogens is 1. The normalized spacial score (nSPS) is 17.4. The van der Waals surface area contributed by atoms with Gasteiger partial charge < -0.3 is 25.0 Å². The van der Waals surface area contributed by atoms with Gasteiger partial charge in [0.15, 0.2) is 5.78 Å². The van der Waals surface area contributed by atoms with Crippen LogP contribution in [-0.4, -0.2) is 46.0 Å². The number of aromatic nitrogens is 2. The molecule has 172 valence electrons. The fourth-order valence-corrected chi connectivity index (χ4v) is 4.33. The maximum atomic E-state index is 13.5. The lowest BCUT2D eigenvalue weighted by Crippen LogP contribution is -2.56. The largest absolute Gasteiger partial charge is 0.457 e. The zero-order valence-corrected chi connectivity index (χ0v) is 19.2. The van der Waals surface area contributed by atoms with Gasteiger partial charge in [-0.2, -0.15) is 0 Å². The van der Waals surface area contributed by atoms with Gasteiger partial charge in [-0.25, -0.2) is 4.98 Å². The van der Waals surface area contributed by atoms with Crippen LogP contribution in [0.4, 0.5) is 11.4 Å².